The number of pyridine rings is 1. The van der Waals surface area contributed by atoms with E-state index in [1.54, 1.807) is 6.07 Å². The molecule has 128 valence electrons. The van der Waals surface area contributed by atoms with Crippen LogP contribution in [0.4, 0.5) is 0 Å². The van der Waals surface area contributed by atoms with E-state index in [-0.39, 0.29) is 22.1 Å². The van der Waals surface area contributed by atoms with Crippen molar-refractivity contribution in [2.75, 3.05) is 0 Å². The third-order valence-electron chi connectivity index (χ3n) is 5.15. The fraction of sp³-hybridized carbons (Fsp3) is 0.562. The van der Waals surface area contributed by atoms with E-state index in [0.29, 0.717) is 11.8 Å². The third kappa shape index (κ3) is 2.73. The Morgan fingerprint density at radius 2 is 2.04 bits per heavy atom. The van der Waals surface area contributed by atoms with Crippen LogP contribution in [0, 0.1) is 11.3 Å². The van der Waals surface area contributed by atoms with Crippen LogP contribution in [0.15, 0.2) is 27.7 Å². The molecule has 8 heteroatoms. The summed E-state index contributed by atoms with van der Waals surface area (Å²) in [6.07, 6.45) is 4.70. The minimum absolute atomic E-state index is 0.0192. The molecule has 24 heavy (non-hydrogen) atoms. The Bertz CT molecular complexity index is 869. The molecule has 7 nitrogen and oxygen atoms in total. The molecule has 2 aromatic heterocycles. The highest BCUT2D eigenvalue weighted by atomic mass is 32.2. The van der Waals surface area contributed by atoms with Crippen molar-refractivity contribution in [1.82, 2.24) is 15.1 Å². The summed E-state index contributed by atoms with van der Waals surface area (Å²) >= 11 is 0. The Balaban J connectivity index is 1.56. The van der Waals surface area contributed by atoms with Gasteiger partial charge in [-0.2, -0.15) is 4.98 Å². The van der Waals surface area contributed by atoms with Gasteiger partial charge in [0.25, 0.3) is 0 Å². The average Bonchev–Trinajstić information content (AvgIpc) is 3.35. The van der Waals surface area contributed by atoms with Gasteiger partial charge in [0.1, 0.15) is 4.90 Å². The van der Waals surface area contributed by atoms with Gasteiger partial charge in [-0.1, -0.05) is 19.0 Å². The molecule has 0 saturated heterocycles. The smallest absolute Gasteiger partial charge is 0.239 e. The van der Waals surface area contributed by atoms with Crippen molar-refractivity contribution in [2.24, 2.45) is 16.5 Å². The maximum atomic E-state index is 11.3. The number of sulfonamides is 1. The monoisotopic (exact) mass is 348 g/mol. The molecular formula is C16H20N4O3S. The SMILES string of the molecule is CC1(C)[C@@H](c2ccc(S(N)(=O)=O)cn2)[C@@H]1c1nc(CC2CC2)no1. The molecule has 0 aliphatic heterocycles. The highest BCUT2D eigenvalue weighted by Gasteiger charge is 2.62. The van der Waals surface area contributed by atoms with Gasteiger partial charge in [0.2, 0.25) is 15.9 Å². The van der Waals surface area contributed by atoms with E-state index in [1.165, 1.54) is 25.1 Å². The van der Waals surface area contributed by atoms with Gasteiger partial charge in [0, 0.05) is 24.2 Å². The van der Waals surface area contributed by atoms with Crippen molar-refractivity contribution in [1.29, 1.82) is 0 Å². The van der Waals surface area contributed by atoms with E-state index in [4.69, 9.17) is 9.66 Å². The molecule has 0 aromatic carbocycles. The highest BCUT2D eigenvalue weighted by Crippen LogP contribution is 2.69. The Hall–Kier alpha value is -1.80. The number of primary sulfonamides is 1. The van der Waals surface area contributed by atoms with Crippen molar-refractivity contribution < 1.29 is 12.9 Å². The molecule has 2 aliphatic carbocycles. The first-order chi connectivity index (χ1) is 11.3. The number of nitrogens with two attached hydrogens (primary N) is 1. The molecule has 2 saturated carbocycles. The van der Waals surface area contributed by atoms with Crippen LogP contribution in [0.5, 0.6) is 0 Å². The summed E-state index contributed by atoms with van der Waals surface area (Å²) in [5.41, 5.74) is 0.763. The largest absolute Gasteiger partial charge is 0.339 e. The summed E-state index contributed by atoms with van der Waals surface area (Å²) in [5, 5.41) is 9.21. The standard InChI is InChI=1S/C16H20N4O3S/c1-16(2)13(11-6-5-10(8-18-11)24(17,21)22)14(16)15-19-12(20-23-15)7-9-3-4-9/h5-6,8-9,13-14H,3-4,7H2,1-2H3,(H2,17,21,22)/t13-,14+/m0/s1. The lowest BCUT2D eigenvalue weighted by Gasteiger charge is -2.03. The Labute approximate surface area is 140 Å². The minimum Gasteiger partial charge on any atom is -0.339 e. The summed E-state index contributed by atoms with van der Waals surface area (Å²) in [7, 11) is -3.73. The third-order valence-corrected chi connectivity index (χ3v) is 6.05. The second kappa shape index (κ2) is 5.10. The van der Waals surface area contributed by atoms with Crippen molar-refractivity contribution >= 4 is 10.0 Å². The molecule has 2 fully saturated rings. The summed E-state index contributed by atoms with van der Waals surface area (Å²) < 4.78 is 28.2. The summed E-state index contributed by atoms with van der Waals surface area (Å²) in [5.74, 6) is 2.38. The highest BCUT2D eigenvalue weighted by molar-refractivity contribution is 7.89. The van der Waals surface area contributed by atoms with Gasteiger partial charge >= 0.3 is 0 Å². The Morgan fingerprint density at radius 1 is 1.29 bits per heavy atom. The summed E-state index contributed by atoms with van der Waals surface area (Å²) in [4.78, 5) is 8.87. The van der Waals surface area contributed by atoms with E-state index in [1.807, 2.05) is 0 Å². The van der Waals surface area contributed by atoms with Crippen LogP contribution in [0.3, 0.4) is 0 Å². The molecule has 2 aliphatic rings. The second-order valence-corrected chi connectivity index (χ2v) is 9.00. The molecule has 4 rings (SSSR count). The molecule has 0 spiro atoms. The van der Waals surface area contributed by atoms with Crippen LogP contribution in [-0.2, 0) is 16.4 Å². The van der Waals surface area contributed by atoms with Gasteiger partial charge < -0.3 is 4.52 Å². The van der Waals surface area contributed by atoms with E-state index in [0.717, 1.165) is 17.9 Å². The van der Waals surface area contributed by atoms with Crippen LogP contribution < -0.4 is 5.14 Å². The number of hydrogen-bond acceptors (Lipinski definition) is 6. The lowest BCUT2D eigenvalue weighted by molar-refractivity contribution is 0.362. The predicted octanol–water partition coefficient (Wildman–Crippen LogP) is 1.97. The molecule has 2 atom stereocenters. The van der Waals surface area contributed by atoms with Gasteiger partial charge in [-0.15, -0.1) is 0 Å². The molecule has 2 aromatic rings. The Kier molecular flexibility index (Phi) is 3.34. The van der Waals surface area contributed by atoms with Crippen LogP contribution in [0.1, 0.15) is 55.9 Å². The zero-order chi connectivity index (χ0) is 17.1. The molecule has 0 radical (unpaired) electrons. The lowest BCUT2D eigenvalue weighted by atomic mass is 10.1. The van der Waals surface area contributed by atoms with Gasteiger partial charge in [-0.25, -0.2) is 13.6 Å². The normalized spacial score (nSPS) is 25.6. The first kappa shape index (κ1) is 15.7. The molecular weight excluding hydrogens is 328 g/mol. The van der Waals surface area contributed by atoms with Crippen LogP contribution in [-0.4, -0.2) is 23.5 Å². The van der Waals surface area contributed by atoms with E-state index in [2.05, 4.69) is 29.0 Å². The quantitative estimate of drug-likeness (QED) is 0.884. The summed E-state index contributed by atoms with van der Waals surface area (Å²) in [6, 6.07) is 3.21. The van der Waals surface area contributed by atoms with E-state index in [9.17, 15) is 8.42 Å². The molecule has 0 amide bonds. The summed E-state index contributed by atoms with van der Waals surface area (Å²) in [6.45, 7) is 4.25. The topological polar surface area (TPSA) is 112 Å². The van der Waals surface area contributed by atoms with Crippen molar-refractivity contribution in [3.05, 3.63) is 35.7 Å². The zero-order valence-corrected chi connectivity index (χ0v) is 14.5. The molecule has 0 unspecified atom stereocenters. The fourth-order valence-electron chi connectivity index (χ4n) is 3.45. The molecule has 2 N–H and O–H groups in total. The second-order valence-electron chi connectivity index (χ2n) is 7.44. The van der Waals surface area contributed by atoms with Crippen LogP contribution >= 0.6 is 0 Å². The lowest BCUT2D eigenvalue weighted by Crippen LogP contribution is -2.12. The minimum atomic E-state index is -3.73. The van der Waals surface area contributed by atoms with Gasteiger partial charge in [-0.3, -0.25) is 4.98 Å². The van der Waals surface area contributed by atoms with Gasteiger partial charge in [-0.05, 0) is 36.3 Å². The zero-order valence-electron chi connectivity index (χ0n) is 13.6. The Morgan fingerprint density at radius 3 is 2.62 bits per heavy atom. The van der Waals surface area contributed by atoms with E-state index >= 15 is 0 Å². The maximum Gasteiger partial charge on any atom is 0.239 e. The molecule has 0 bridgehead atoms. The first-order valence-corrected chi connectivity index (χ1v) is 9.62. The van der Waals surface area contributed by atoms with Gasteiger partial charge in [0.05, 0.1) is 5.92 Å². The van der Waals surface area contributed by atoms with E-state index < -0.39 is 10.0 Å². The van der Waals surface area contributed by atoms with Crippen LogP contribution in [0.25, 0.3) is 0 Å². The van der Waals surface area contributed by atoms with Gasteiger partial charge in [0.15, 0.2) is 5.82 Å². The predicted molar refractivity (Wildman–Crippen MR) is 85.6 cm³/mol. The number of rotatable bonds is 5. The number of aromatic nitrogens is 3. The average molecular weight is 348 g/mol. The van der Waals surface area contributed by atoms with Crippen molar-refractivity contribution in [2.45, 2.75) is 49.8 Å². The van der Waals surface area contributed by atoms with Crippen molar-refractivity contribution in [3.63, 3.8) is 0 Å². The van der Waals surface area contributed by atoms with Crippen LogP contribution in [0.2, 0.25) is 0 Å². The molecule has 2 heterocycles. The fourth-order valence-corrected chi connectivity index (χ4v) is 3.91. The maximum absolute atomic E-state index is 11.3. The number of nitrogens with zero attached hydrogens (tertiary/aromatic N) is 3. The number of hydrogen-bond donors (Lipinski definition) is 1. The van der Waals surface area contributed by atoms with Crippen molar-refractivity contribution in [3.8, 4) is 0 Å². The first-order valence-electron chi connectivity index (χ1n) is 8.08.